The summed E-state index contributed by atoms with van der Waals surface area (Å²) in [6, 6.07) is 24.1. The molecule has 0 unspecified atom stereocenters. The molecule has 9 nitrogen and oxygen atoms in total. The molecule has 0 radical (unpaired) electrons. The summed E-state index contributed by atoms with van der Waals surface area (Å²) in [6.45, 7) is 4.20. The number of pyridine rings is 1. The van der Waals surface area contributed by atoms with Crippen molar-refractivity contribution in [2.24, 2.45) is 0 Å². The first-order chi connectivity index (χ1) is 19.0. The second kappa shape index (κ2) is 11.9. The topological polar surface area (TPSA) is 98.2 Å². The van der Waals surface area contributed by atoms with Crippen LogP contribution < -0.4 is 15.0 Å². The zero-order valence-electron chi connectivity index (χ0n) is 22.4. The molecule has 0 aliphatic carbocycles. The fraction of sp³-hybridized carbons (Fsp3) is 0.267. The lowest BCUT2D eigenvalue weighted by Crippen LogP contribution is -2.30. The Labute approximate surface area is 227 Å². The van der Waals surface area contributed by atoms with Gasteiger partial charge in [-0.3, -0.25) is 9.69 Å². The van der Waals surface area contributed by atoms with E-state index in [0.29, 0.717) is 43.2 Å². The average molecular weight is 525 g/mol. The van der Waals surface area contributed by atoms with Crippen LogP contribution in [0.5, 0.6) is 11.5 Å². The molecule has 0 aliphatic rings. The SMILES string of the molecule is COc1ccc(CCN(Cc2cc3ccc(C)cc3[nH]c2=O)Cc2nnnn2Cc2ccccc2)cc1OC. The third kappa shape index (κ3) is 6.32. The van der Waals surface area contributed by atoms with Crippen LogP contribution >= 0.6 is 0 Å². The van der Waals surface area contributed by atoms with Gasteiger partial charge in [-0.2, -0.15) is 0 Å². The summed E-state index contributed by atoms with van der Waals surface area (Å²) in [5.41, 5.74) is 4.77. The molecule has 200 valence electrons. The van der Waals surface area contributed by atoms with Gasteiger partial charge in [-0.05, 0) is 70.1 Å². The van der Waals surface area contributed by atoms with Gasteiger partial charge in [0.2, 0.25) is 0 Å². The third-order valence-electron chi connectivity index (χ3n) is 6.78. The molecule has 0 fully saturated rings. The van der Waals surface area contributed by atoms with Crippen molar-refractivity contribution in [3.63, 3.8) is 0 Å². The summed E-state index contributed by atoms with van der Waals surface area (Å²) in [7, 11) is 3.26. The van der Waals surface area contributed by atoms with E-state index in [-0.39, 0.29) is 5.56 Å². The van der Waals surface area contributed by atoms with Crippen molar-refractivity contribution in [2.75, 3.05) is 20.8 Å². The summed E-state index contributed by atoms with van der Waals surface area (Å²) >= 11 is 0. The number of fused-ring (bicyclic) bond motifs is 1. The molecule has 5 rings (SSSR count). The van der Waals surface area contributed by atoms with Gasteiger partial charge >= 0.3 is 0 Å². The summed E-state index contributed by atoms with van der Waals surface area (Å²) in [4.78, 5) is 18.3. The first-order valence-corrected chi connectivity index (χ1v) is 12.9. The van der Waals surface area contributed by atoms with E-state index in [1.165, 1.54) is 0 Å². The van der Waals surface area contributed by atoms with Crippen molar-refractivity contribution in [1.82, 2.24) is 30.1 Å². The van der Waals surface area contributed by atoms with E-state index in [2.05, 4.69) is 43.6 Å². The molecule has 2 heterocycles. The third-order valence-corrected chi connectivity index (χ3v) is 6.78. The number of hydrogen-bond acceptors (Lipinski definition) is 7. The lowest BCUT2D eigenvalue weighted by Gasteiger charge is -2.22. The highest BCUT2D eigenvalue weighted by Crippen LogP contribution is 2.28. The zero-order valence-corrected chi connectivity index (χ0v) is 22.4. The lowest BCUT2D eigenvalue weighted by atomic mass is 10.1. The highest BCUT2D eigenvalue weighted by atomic mass is 16.5. The molecule has 0 aliphatic heterocycles. The van der Waals surface area contributed by atoms with Crippen molar-refractivity contribution < 1.29 is 9.47 Å². The molecule has 0 atom stereocenters. The van der Waals surface area contributed by atoms with E-state index < -0.39 is 0 Å². The number of aromatic amines is 1. The minimum Gasteiger partial charge on any atom is -0.493 e. The van der Waals surface area contributed by atoms with Crippen LogP contribution in [0.3, 0.4) is 0 Å². The Kier molecular flexibility index (Phi) is 7.98. The second-order valence-electron chi connectivity index (χ2n) is 9.60. The standard InChI is InChI=1S/C30H32N6O3/c1-21-9-11-24-17-25(30(37)31-26(24)15-21)19-35(14-13-22-10-12-27(38-2)28(16-22)39-3)20-29-32-33-34-36(29)18-23-7-5-4-6-8-23/h4-12,15-17H,13-14,18-20H2,1-3H3,(H,31,37). The van der Waals surface area contributed by atoms with Crippen molar-refractivity contribution in [3.8, 4) is 11.5 Å². The maximum Gasteiger partial charge on any atom is 0.252 e. The number of H-pyrrole nitrogens is 1. The van der Waals surface area contributed by atoms with E-state index in [0.717, 1.165) is 39.8 Å². The number of aromatic nitrogens is 5. The summed E-state index contributed by atoms with van der Waals surface area (Å²) in [5.74, 6) is 2.12. The fourth-order valence-electron chi connectivity index (χ4n) is 4.67. The molecule has 0 spiro atoms. The van der Waals surface area contributed by atoms with Gasteiger partial charge < -0.3 is 14.5 Å². The number of aryl methyl sites for hydroxylation is 1. The number of benzene rings is 3. The number of hydrogen-bond donors (Lipinski definition) is 1. The monoisotopic (exact) mass is 524 g/mol. The van der Waals surface area contributed by atoms with Crippen LogP contribution in [-0.4, -0.2) is 50.9 Å². The normalized spacial score (nSPS) is 11.3. The van der Waals surface area contributed by atoms with Gasteiger partial charge in [0.25, 0.3) is 5.56 Å². The molecule has 0 bridgehead atoms. The van der Waals surface area contributed by atoms with Crippen molar-refractivity contribution >= 4 is 10.9 Å². The number of nitrogens with one attached hydrogen (secondary N) is 1. The molecule has 5 aromatic rings. The molecule has 3 aromatic carbocycles. The maximum absolute atomic E-state index is 13.1. The second-order valence-corrected chi connectivity index (χ2v) is 9.60. The van der Waals surface area contributed by atoms with Gasteiger partial charge in [-0.25, -0.2) is 4.68 Å². The van der Waals surface area contributed by atoms with E-state index in [1.54, 1.807) is 14.2 Å². The van der Waals surface area contributed by atoms with E-state index >= 15 is 0 Å². The van der Waals surface area contributed by atoms with E-state index in [4.69, 9.17) is 9.47 Å². The molecule has 9 heteroatoms. The number of nitrogens with zero attached hydrogens (tertiary/aromatic N) is 5. The Hall–Kier alpha value is -4.50. The maximum atomic E-state index is 13.1. The van der Waals surface area contributed by atoms with Crippen LogP contribution in [0.25, 0.3) is 10.9 Å². The van der Waals surface area contributed by atoms with Gasteiger partial charge in [0, 0.05) is 24.2 Å². The molecule has 0 saturated carbocycles. The minimum absolute atomic E-state index is 0.0897. The van der Waals surface area contributed by atoms with Crippen LogP contribution in [0.15, 0.2) is 77.6 Å². The Morgan fingerprint density at radius 2 is 1.72 bits per heavy atom. The van der Waals surface area contributed by atoms with Crippen molar-refractivity contribution in [2.45, 2.75) is 33.0 Å². The van der Waals surface area contributed by atoms with Gasteiger partial charge in [0.1, 0.15) is 0 Å². The van der Waals surface area contributed by atoms with E-state index in [9.17, 15) is 4.79 Å². The zero-order chi connectivity index (χ0) is 27.2. The van der Waals surface area contributed by atoms with Crippen LogP contribution in [-0.2, 0) is 26.1 Å². The molecule has 1 N–H and O–H groups in total. The molecular formula is C30H32N6O3. The largest absolute Gasteiger partial charge is 0.493 e. The molecule has 0 amide bonds. The van der Waals surface area contributed by atoms with E-state index in [1.807, 2.05) is 66.2 Å². The van der Waals surface area contributed by atoms with Crippen molar-refractivity contribution in [1.29, 1.82) is 0 Å². The molecule has 2 aromatic heterocycles. The van der Waals surface area contributed by atoms with Crippen LogP contribution in [0, 0.1) is 6.92 Å². The van der Waals surface area contributed by atoms with Gasteiger partial charge in [0.15, 0.2) is 17.3 Å². The van der Waals surface area contributed by atoms with Crippen LogP contribution in [0.2, 0.25) is 0 Å². The van der Waals surface area contributed by atoms with Gasteiger partial charge in [-0.1, -0.05) is 48.5 Å². The predicted octanol–water partition coefficient (Wildman–Crippen LogP) is 4.13. The molecule has 39 heavy (non-hydrogen) atoms. The Morgan fingerprint density at radius 1 is 0.897 bits per heavy atom. The Balaban J connectivity index is 1.41. The number of methoxy groups -OCH3 is 2. The lowest BCUT2D eigenvalue weighted by molar-refractivity contribution is 0.247. The first-order valence-electron chi connectivity index (χ1n) is 12.9. The van der Waals surface area contributed by atoms with Gasteiger partial charge in [-0.15, -0.1) is 5.10 Å². The highest BCUT2D eigenvalue weighted by Gasteiger charge is 2.16. The summed E-state index contributed by atoms with van der Waals surface area (Å²) in [6.07, 6.45) is 0.741. The Bertz CT molecular complexity index is 1610. The minimum atomic E-state index is -0.0897. The highest BCUT2D eigenvalue weighted by molar-refractivity contribution is 5.79. The van der Waals surface area contributed by atoms with Crippen LogP contribution in [0.4, 0.5) is 0 Å². The molecular weight excluding hydrogens is 492 g/mol. The average Bonchev–Trinajstić information content (AvgIpc) is 3.38. The summed E-state index contributed by atoms with van der Waals surface area (Å²) < 4.78 is 12.7. The smallest absolute Gasteiger partial charge is 0.252 e. The first kappa shape index (κ1) is 26.1. The Morgan fingerprint density at radius 3 is 2.51 bits per heavy atom. The fourth-order valence-corrected chi connectivity index (χ4v) is 4.67. The number of tetrazole rings is 1. The van der Waals surface area contributed by atoms with Gasteiger partial charge in [0.05, 0.1) is 27.3 Å². The summed E-state index contributed by atoms with van der Waals surface area (Å²) in [5, 5.41) is 13.5. The van der Waals surface area contributed by atoms with Crippen LogP contribution in [0.1, 0.15) is 28.1 Å². The molecule has 0 saturated heterocycles. The predicted molar refractivity (Wildman–Crippen MR) is 150 cm³/mol. The number of rotatable bonds is 11. The van der Waals surface area contributed by atoms with Crippen molar-refractivity contribution in [3.05, 3.63) is 111 Å². The quantitative estimate of drug-likeness (QED) is 0.277. The number of ether oxygens (including phenoxy) is 2.